The number of nitrogens with zero attached hydrogens (tertiary/aromatic N) is 1. The highest BCUT2D eigenvalue weighted by Gasteiger charge is 2.19. The largest absolute Gasteiger partial charge is 0.494 e. The maximum atomic E-state index is 12.0. The highest BCUT2D eigenvalue weighted by atomic mass is 16.6. The van der Waals surface area contributed by atoms with E-state index in [0.29, 0.717) is 18.0 Å². The Morgan fingerprint density at radius 2 is 1.79 bits per heavy atom. The molecule has 3 aromatic rings. The lowest BCUT2D eigenvalue weighted by molar-refractivity contribution is 0.0636. The Morgan fingerprint density at radius 1 is 1.07 bits per heavy atom. The number of aryl methyl sites for hydroxylation is 1. The lowest BCUT2D eigenvalue weighted by Gasteiger charge is -2.19. The van der Waals surface area contributed by atoms with Crippen LogP contribution in [-0.4, -0.2) is 23.5 Å². The number of rotatable bonds is 7. The predicted octanol–water partition coefficient (Wildman–Crippen LogP) is 5.70. The minimum Gasteiger partial charge on any atom is -0.494 e. The zero-order valence-electron chi connectivity index (χ0n) is 17.0. The second-order valence-electron chi connectivity index (χ2n) is 7.67. The first kappa shape index (κ1) is 20.5. The third-order valence-electron chi connectivity index (χ3n) is 4.05. The van der Waals surface area contributed by atoms with Crippen LogP contribution in [0, 0.1) is 0 Å². The summed E-state index contributed by atoms with van der Waals surface area (Å²) in [7, 11) is 0. The van der Waals surface area contributed by atoms with Crippen molar-refractivity contribution >= 4 is 11.8 Å². The average Bonchev–Trinajstić information content (AvgIpc) is 3.13. The first-order valence-corrected chi connectivity index (χ1v) is 9.62. The van der Waals surface area contributed by atoms with Crippen LogP contribution in [0.4, 0.5) is 10.5 Å². The van der Waals surface area contributed by atoms with E-state index in [1.807, 2.05) is 42.5 Å². The number of hydrogen-bond donors (Lipinski definition) is 1. The van der Waals surface area contributed by atoms with Crippen molar-refractivity contribution in [3.05, 3.63) is 66.4 Å². The van der Waals surface area contributed by atoms with E-state index >= 15 is 0 Å². The van der Waals surface area contributed by atoms with Gasteiger partial charge in [0.2, 0.25) is 0 Å². The predicted molar refractivity (Wildman–Crippen MR) is 112 cm³/mol. The fourth-order valence-corrected chi connectivity index (χ4v) is 2.77. The van der Waals surface area contributed by atoms with E-state index in [1.165, 1.54) is 11.8 Å². The number of hydrogen-bond acceptors (Lipinski definition) is 5. The third-order valence-corrected chi connectivity index (χ3v) is 4.05. The van der Waals surface area contributed by atoms with Gasteiger partial charge in [0.1, 0.15) is 29.0 Å². The summed E-state index contributed by atoms with van der Waals surface area (Å²) in [5.74, 6) is 0.784. The molecule has 0 spiro atoms. The normalized spacial score (nSPS) is 11.1. The van der Waals surface area contributed by atoms with E-state index in [0.717, 1.165) is 24.2 Å². The van der Waals surface area contributed by atoms with Crippen LogP contribution in [0.25, 0.3) is 11.3 Å². The zero-order chi connectivity index (χ0) is 20.7. The van der Waals surface area contributed by atoms with Crippen LogP contribution < -0.4 is 10.1 Å². The van der Waals surface area contributed by atoms with Crippen molar-refractivity contribution in [2.75, 3.05) is 11.9 Å². The van der Waals surface area contributed by atoms with E-state index in [9.17, 15) is 4.79 Å². The Labute approximate surface area is 170 Å². The molecule has 3 rings (SSSR count). The molecule has 0 aliphatic carbocycles. The number of carbonyl (C=O) groups excluding carboxylic acids is 1. The molecule has 1 heterocycles. The molecule has 1 amide bonds. The van der Waals surface area contributed by atoms with Gasteiger partial charge in [0.15, 0.2) is 0 Å². The SMILES string of the molecule is CC(C)(C)OC(=O)Nc1conc1-c1ccc(OCCCc2ccccc2)cc1. The van der Waals surface area contributed by atoms with Crippen LogP contribution in [0.15, 0.2) is 65.4 Å². The Hall–Kier alpha value is -3.28. The zero-order valence-corrected chi connectivity index (χ0v) is 17.0. The molecule has 0 aliphatic rings. The van der Waals surface area contributed by atoms with Gasteiger partial charge in [0, 0.05) is 5.56 Å². The van der Waals surface area contributed by atoms with E-state index in [1.54, 1.807) is 20.8 Å². The second kappa shape index (κ2) is 9.28. The van der Waals surface area contributed by atoms with Gasteiger partial charge < -0.3 is 14.0 Å². The molecule has 0 bridgehead atoms. The molecule has 0 radical (unpaired) electrons. The summed E-state index contributed by atoms with van der Waals surface area (Å²) >= 11 is 0. The van der Waals surface area contributed by atoms with Crippen molar-refractivity contribution in [3.63, 3.8) is 0 Å². The summed E-state index contributed by atoms with van der Waals surface area (Å²) in [4.78, 5) is 12.0. The van der Waals surface area contributed by atoms with Gasteiger partial charge in [-0.3, -0.25) is 5.32 Å². The lowest BCUT2D eigenvalue weighted by atomic mass is 10.1. The Morgan fingerprint density at radius 3 is 2.48 bits per heavy atom. The molecule has 0 unspecified atom stereocenters. The maximum Gasteiger partial charge on any atom is 0.412 e. The molecule has 6 heteroatoms. The molecule has 29 heavy (non-hydrogen) atoms. The summed E-state index contributed by atoms with van der Waals surface area (Å²) in [5.41, 5.74) is 2.52. The highest BCUT2D eigenvalue weighted by Crippen LogP contribution is 2.28. The molecule has 6 nitrogen and oxygen atoms in total. The minimum absolute atomic E-state index is 0.454. The lowest BCUT2D eigenvalue weighted by Crippen LogP contribution is -2.27. The molecular formula is C23H26N2O4. The minimum atomic E-state index is -0.582. The van der Waals surface area contributed by atoms with Crippen LogP contribution in [0.1, 0.15) is 32.8 Å². The molecular weight excluding hydrogens is 368 g/mol. The molecule has 0 atom stereocenters. The number of amides is 1. The third kappa shape index (κ3) is 6.38. The highest BCUT2D eigenvalue weighted by molar-refractivity contribution is 5.89. The quantitative estimate of drug-likeness (QED) is 0.520. The van der Waals surface area contributed by atoms with E-state index in [4.69, 9.17) is 14.0 Å². The first-order valence-electron chi connectivity index (χ1n) is 9.62. The second-order valence-corrected chi connectivity index (χ2v) is 7.67. The summed E-state index contributed by atoms with van der Waals surface area (Å²) in [6.07, 6.45) is 2.75. The van der Waals surface area contributed by atoms with Crippen LogP contribution in [0.2, 0.25) is 0 Å². The number of ether oxygens (including phenoxy) is 2. The van der Waals surface area contributed by atoms with Crippen LogP contribution >= 0.6 is 0 Å². The number of benzene rings is 2. The van der Waals surface area contributed by atoms with Crippen molar-refractivity contribution in [1.29, 1.82) is 0 Å². The molecule has 0 saturated carbocycles. The van der Waals surface area contributed by atoms with Gasteiger partial charge in [-0.05, 0) is 63.4 Å². The van der Waals surface area contributed by atoms with Crippen molar-refractivity contribution in [2.24, 2.45) is 0 Å². The summed E-state index contributed by atoms with van der Waals surface area (Å²) in [6.45, 7) is 6.06. The molecule has 152 valence electrons. The molecule has 1 aromatic heterocycles. The summed E-state index contributed by atoms with van der Waals surface area (Å²) in [6, 6.07) is 17.9. The number of aromatic nitrogens is 1. The fourth-order valence-electron chi connectivity index (χ4n) is 2.77. The molecule has 2 aromatic carbocycles. The smallest absolute Gasteiger partial charge is 0.412 e. The van der Waals surface area contributed by atoms with Gasteiger partial charge in [-0.15, -0.1) is 0 Å². The van der Waals surface area contributed by atoms with Crippen molar-refractivity contribution in [3.8, 4) is 17.0 Å². The van der Waals surface area contributed by atoms with Crippen molar-refractivity contribution in [2.45, 2.75) is 39.2 Å². The fraction of sp³-hybridized carbons (Fsp3) is 0.304. The summed E-state index contributed by atoms with van der Waals surface area (Å²) in [5, 5.41) is 6.66. The Bertz CT molecular complexity index is 912. The van der Waals surface area contributed by atoms with Crippen molar-refractivity contribution in [1.82, 2.24) is 5.16 Å². The van der Waals surface area contributed by atoms with E-state index in [2.05, 4.69) is 22.6 Å². The molecule has 1 N–H and O–H groups in total. The van der Waals surface area contributed by atoms with Crippen molar-refractivity contribution < 1.29 is 18.8 Å². The Kier molecular flexibility index (Phi) is 6.54. The van der Waals surface area contributed by atoms with Crippen LogP contribution in [0.5, 0.6) is 5.75 Å². The maximum absolute atomic E-state index is 12.0. The molecule has 0 saturated heterocycles. The number of anilines is 1. The van der Waals surface area contributed by atoms with E-state index < -0.39 is 11.7 Å². The van der Waals surface area contributed by atoms with Crippen LogP contribution in [-0.2, 0) is 11.2 Å². The van der Waals surface area contributed by atoms with E-state index in [-0.39, 0.29) is 0 Å². The van der Waals surface area contributed by atoms with Gasteiger partial charge >= 0.3 is 6.09 Å². The average molecular weight is 394 g/mol. The molecule has 0 fully saturated rings. The van der Waals surface area contributed by atoms with Gasteiger partial charge in [0.05, 0.1) is 6.61 Å². The first-order chi connectivity index (χ1) is 13.9. The Balaban J connectivity index is 1.54. The van der Waals surface area contributed by atoms with Gasteiger partial charge in [0.25, 0.3) is 0 Å². The summed E-state index contributed by atoms with van der Waals surface area (Å²) < 4.78 is 16.1. The topological polar surface area (TPSA) is 73.6 Å². The van der Waals surface area contributed by atoms with Crippen LogP contribution in [0.3, 0.4) is 0 Å². The van der Waals surface area contributed by atoms with Gasteiger partial charge in [-0.25, -0.2) is 4.79 Å². The number of nitrogens with one attached hydrogen (secondary N) is 1. The monoisotopic (exact) mass is 394 g/mol. The standard InChI is InChI=1S/C23H26N2O4/c1-23(2,3)29-22(26)24-20-16-28-25-21(20)18-11-13-19(14-12-18)27-15-7-10-17-8-5-4-6-9-17/h4-6,8-9,11-14,16H,7,10,15H2,1-3H3,(H,24,26). The molecule has 0 aliphatic heterocycles. The number of carbonyl (C=O) groups is 1. The van der Waals surface area contributed by atoms with Gasteiger partial charge in [-0.1, -0.05) is 35.5 Å². The van der Waals surface area contributed by atoms with Gasteiger partial charge in [-0.2, -0.15) is 0 Å².